The molecule has 37 heavy (non-hydrogen) atoms. The minimum atomic E-state index is 0.999. The van der Waals surface area contributed by atoms with Crippen molar-refractivity contribution in [1.29, 1.82) is 0 Å². The van der Waals surface area contributed by atoms with Crippen LogP contribution in [0.25, 0.3) is 16.7 Å². The van der Waals surface area contributed by atoms with Gasteiger partial charge in [-0.2, -0.15) is 0 Å². The molecule has 0 aliphatic carbocycles. The van der Waals surface area contributed by atoms with Crippen molar-refractivity contribution < 1.29 is 0 Å². The quantitative estimate of drug-likeness (QED) is 0.245. The average molecular weight is 478 g/mol. The van der Waals surface area contributed by atoms with Crippen molar-refractivity contribution in [3.05, 3.63) is 173 Å². The normalized spacial score (nSPS) is 15.6. The first-order valence-electron chi connectivity index (χ1n) is 12.7. The summed E-state index contributed by atoms with van der Waals surface area (Å²) in [7, 11) is 0. The third-order valence-corrected chi connectivity index (χ3v) is 6.92. The summed E-state index contributed by atoms with van der Waals surface area (Å²) in [6, 6.07) is 42.2. The smallest absolute Gasteiger partial charge is 0.0748 e. The third-order valence-electron chi connectivity index (χ3n) is 6.92. The molecule has 1 aliphatic heterocycles. The molecule has 0 N–H and O–H groups in total. The maximum absolute atomic E-state index is 5.20. The van der Waals surface area contributed by atoms with Crippen molar-refractivity contribution >= 4 is 22.4 Å². The first-order chi connectivity index (χ1) is 18.1. The van der Waals surface area contributed by atoms with Gasteiger partial charge in [-0.25, -0.2) is 4.99 Å². The Bertz CT molecular complexity index is 1530. The van der Waals surface area contributed by atoms with Crippen molar-refractivity contribution in [2.75, 3.05) is 0 Å². The van der Waals surface area contributed by atoms with Gasteiger partial charge in [0.1, 0.15) is 0 Å². The lowest BCUT2D eigenvalue weighted by Crippen LogP contribution is -1.95. The van der Waals surface area contributed by atoms with E-state index in [0.29, 0.717) is 0 Å². The SMILES string of the molecule is CC(=C1/N=C(c2ccccc2)C=C1c1ccccc1)/C(C)=C(/C=C(\C)c1ccccc1)c1ccccc1. The molecule has 0 amide bonds. The second-order valence-electron chi connectivity index (χ2n) is 9.36. The molecule has 0 unspecified atom stereocenters. The number of benzene rings is 4. The van der Waals surface area contributed by atoms with E-state index in [1.165, 1.54) is 39.0 Å². The Balaban J connectivity index is 1.70. The van der Waals surface area contributed by atoms with Crippen LogP contribution in [0.5, 0.6) is 0 Å². The molecule has 0 saturated heterocycles. The van der Waals surface area contributed by atoms with E-state index in [9.17, 15) is 0 Å². The maximum atomic E-state index is 5.20. The number of allylic oxidation sites excluding steroid dienone is 7. The van der Waals surface area contributed by atoms with Gasteiger partial charge in [0.2, 0.25) is 0 Å². The van der Waals surface area contributed by atoms with E-state index in [-0.39, 0.29) is 0 Å². The molecule has 0 saturated carbocycles. The Morgan fingerprint density at radius 2 is 1.05 bits per heavy atom. The van der Waals surface area contributed by atoms with Crippen molar-refractivity contribution in [2.24, 2.45) is 4.99 Å². The molecule has 1 heterocycles. The Morgan fingerprint density at radius 3 is 1.62 bits per heavy atom. The summed E-state index contributed by atoms with van der Waals surface area (Å²) in [4.78, 5) is 5.20. The molecule has 0 aromatic heterocycles. The molecule has 1 nitrogen and oxygen atoms in total. The fourth-order valence-electron chi connectivity index (χ4n) is 4.70. The standard InChI is InChI=1S/C36H31N/c1-26(29-16-8-4-9-17-29)24-33(30-18-10-5-11-19-30)27(2)28(3)36-34(31-20-12-6-13-21-31)25-35(37-36)32-22-14-7-15-23-32/h4-25H,1-3H3/b26-24+,33-27-,36-28-. The van der Waals surface area contributed by atoms with Gasteiger partial charge in [0.05, 0.1) is 11.4 Å². The summed E-state index contributed by atoms with van der Waals surface area (Å²) in [5.41, 5.74) is 12.8. The minimum absolute atomic E-state index is 0.999. The monoisotopic (exact) mass is 477 g/mol. The highest BCUT2D eigenvalue weighted by Crippen LogP contribution is 2.37. The van der Waals surface area contributed by atoms with E-state index < -0.39 is 0 Å². The molecule has 0 bridgehead atoms. The van der Waals surface area contributed by atoms with E-state index in [0.717, 1.165) is 22.5 Å². The molecule has 1 aliphatic rings. The first-order valence-corrected chi connectivity index (χ1v) is 12.7. The summed E-state index contributed by atoms with van der Waals surface area (Å²) in [5, 5.41) is 0. The fraction of sp³-hybridized carbons (Fsp3) is 0.0833. The van der Waals surface area contributed by atoms with Crippen LogP contribution in [-0.4, -0.2) is 5.71 Å². The van der Waals surface area contributed by atoms with Gasteiger partial charge in [0, 0.05) is 11.1 Å². The largest absolute Gasteiger partial charge is 0.247 e. The van der Waals surface area contributed by atoms with E-state index in [1.807, 2.05) is 6.07 Å². The summed E-state index contributed by atoms with van der Waals surface area (Å²) < 4.78 is 0. The highest BCUT2D eigenvalue weighted by molar-refractivity contribution is 6.18. The summed E-state index contributed by atoms with van der Waals surface area (Å²) >= 11 is 0. The van der Waals surface area contributed by atoms with Crippen molar-refractivity contribution in [2.45, 2.75) is 20.8 Å². The van der Waals surface area contributed by atoms with E-state index in [1.54, 1.807) is 0 Å². The van der Waals surface area contributed by atoms with Gasteiger partial charge in [-0.15, -0.1) is 0 Å². The zero-order valence-electron chi connectivity index (χ0n) is 21.6. The van der Waals surface area contributed by atoms with Gasteiger partial charge < -0.3 is 0 Å². The highest BCUT2D eigenvalue weighted by Gasteiger charge is 2.21. The number of rotatable bonds is 6. The van der Waals surface area contributed by atoms with Crippen LogP contribution in [0.1, 0.15) is 43.0 Å². The lowest BCUT2D eigenvalue weighted by Gasteiger charge is -2.15. The molecule has 0 radical (unpaired) electrons. The van der Waals surface area contributed by atoms with Crippen molar-refractivity contribution in [3.8, 4) is 0 Å². The number of aliphatic imine (C=N–C) groups is 1. The van der Waals surface area contributed by atoms with E-state index in [4.69, 9.17) is 4.99 Å². The van der Waals surface area contributed by atoms with Crippen LogP contribution in [0.15, 0.2) is 155 Å². The Labute approximate surface area is 220 Å². The van der Waals surface area contributed by atoms with Crippen LogP contribution in [0.2, 0.25) is 0 Å². The third kappa shape index (κ3) is 5.37. The van der Waals surface area contributed by atoms with Gasteiger partial charge >= 0.3 is 0 Å². The van der Waals surface area contributed by atoms with Gasteiger partial charge in [0.15, 0.2) is 0 Å². The minimum Gasteiger partial charge on any atom is -0.247 e. The number of hydrogen-bond acceptors (Lipinski definition) is 1. The summed E-state index contributed by atoms with van der Waals surface area (Å²) in [5.74, 6) is 0. The Kier molecular flexibility index (Phi) is 7.23. The highest BCUT2D eigenvalue weighted by atomic mass is 14.8. The van der Waals surface area contributed by atoms with E-state index in [2.05, 4.69) is 148 Å². The maximum Gasteiger partial charge on any atom is 0.0748 e. The Morgan fingerprint density at radius 1 is 0.568 bits per heavy atom. The van der Waals surface area contributed by atoms with Crippen LogP contribution >= 0.6 is 0 Å². The molecular weight excluding hydrogens is 446 g/mol. The zero-order chi connectivity index (χ0) is 25.6. The van der Waals surface area contributed by atoms with Crippen molar-refractivity contribution in [1.82, 2.24) is 0 Å². The average Bonchev–Trinajstić information content (AvgIpc) is 3.42. The topological polar surface area (TPSA) is 12.4 Å². The van der Waals surface area contributed by atoms with Crippen LogP contribution < -0.4 is 0 Å². The molecule has 0 spiro atoms. The first kappa shape index (κ1) is 24.2. The fourth-order valence-corrected chi connectivity index (χ4v) is 4.70. The Hall–Kier alpha value is -4.49. The predicted molar refractivity (Wildman–Crippen MR) is 159 cm³/mol. The van der Waals surface area contributed by atoms with Crippen LogP contribution in [0, 0.1) is 0 Å². The molecule has 0 atom stereocenters. The summed E-state index contributed by atoms with van der Waals surface area (Å²) in [6.07, 6.45) is 4.54. The second kappa shape index (κ2) is 11.1. The molecule has 0 fully saturated rings. The van der Waals surface area contributed by atoms with Crippen LogP contribution in [0.3, 0.4) is 0 Å². The number of nitrogens with zero attached hydrogens (tertiary/aromatic N) is 1. The van der Waals surface area contributed by atoms with Crippen LogP contribution in [-0.2, 0) is 0 Å². The molecule has 1 heteroatoms. The molecular formula is C36H31N. The van der Waals surface area contributed by atoms with Gasteiger partial charge in [0.25, 0.3) is 0 Å². The van der Waals surface area contributed by atoms with Crippen molar-refractivity contribution in [3.63, 3.8) is 0 Å². The van der Waals surface area contributed by atoms with Gasteiger partial charge in [-0.1, -0.05) is 127 Å². The number of hydrogen-bond donors (Lipinski definition) is 0. The molecule has 4 aromatic rings. The van der Waals surface area contributed by atoms with E-state index >= 15 is 0 Å². The molecule has 5 rings (SSSR count). The van der Waals surface area contributed by atoms with Gasteiger partial charge in [-0.3, -0.25) is 0 Å². The molecule has 4 aromatic carbocycles. The predicted octanol–water partition coefficient (Wildman–Crippen LogP) is 9.42. The summed E-state index contributed by atoms with van der Waals surface area (Å²) in [6.45, 7) is 6.61. The second-order valence-corrected chi connectivity index (χ2v) is 9.36. The lowest BCUT2D eigenvalue weighted by atomic mass is 9.90. The molecule has 180 valence electrons. The van der Waals surface area contributed by atoms with Gasteiger partial charge in [-0.05, 0) is 65.8 Å². The lowest BCUT2D eigenvalue weighted by molar-refractivity contribution is 1.26. The zero-order valence-corrected chi connectivity index (χ0v) is 21.6. The van der Waals surface area contributed by atoms with Crippen LogP contribution in [0.4, 0.5) is 0 Å².